The van der Waals surface area contributed by atoms with Crippen LogP contribution < -0.4 is 5.32 Å². The average molecular weight is 368 g/mol. The lowest BCUT2D eigenvalue weighted by molar-refractivity contribution is 1.08. The van der Waals surface area contributed by atoms with Crippen molar-refractivity contribution in [3.05, 3.63) is 44.4 Å². The van der Waals surface area contributed by atoms with Crippen molar-refractivity contribution >= 4 is 64.0 Å². The van der Waals surface area contributed by atoms with E-state index in [0.717, 1.165) is 11.4 Å². The number of hydrogen-bond donors (Lipinski definition) is 1. The second kappa shape index (κ2) is 7.10. The first-order valence-electron chi connectivity index (χ1n) is 5.74. The van der Waals surface area contributed by atoms with Gasteiger partial charge in [-0.15, -0.1) is 0 Å². The molecule has 0 aliphatic rings. The maximum absolute atomic E-state index is 6.17. The Balaban J connectivity index is 2.32. The Morgan fingerprint density at radius 2 is 1.75 bits per heavy atom. The van der Waals surface area contributed by atoms with E-state index < -0.39 is 0 Å². The quantitative estimate of drug-likeness (QED) is 0.688. The summed E-state index contributed by atoms with van der Waals surface area (Å²) in [5, 5.41) is 5.74. The molecule has 0 atom stereocenters. The van der Waals surface area contributed by atoms with Crippen molar-refractivity contribution in [2.75, 3.05) is 11.9 Å². The molecule has 0 saturated carbocycles. The maximum Gasteiger partial charge on any atom is 0.146 e. The van der Waals surface area contributed by atoms with Crippen LogP contribution in [0.5, 0.6) is 0 Å². The van der Waals surface area contributed by atoms with Gasteiger partial charge in [0.25, 0.3) is 0 Å². The van der Waals surface area contributed by atoms with Crippen LogP contribution in [0.2, 0.25) is 20.1 Å². The van der Waals surface area contributed by atoms with Crippen LogP contribution in [-0.4, -0.2) is 11.5 Å². The van der Waals surface area contributed by atoms with E-state index in [2.05, 4.69) is 10.3 Å². The van der Waals surface area contributed by atoms with Gasteiger partial charge in [-0.1, -0.05) is 58.2 Å². The standard InChI is InChI=1S/C13H10Cl4N2S/c1-2-18-12-10(16)6-11(17)13(19-12)20-7-3-4-8(14)9(15)5-7/h3-6H,2H2,1H3,(H,18,19). The normalized spacial score (nSPS) is 10.7. The van der Waals surface area contributed by atoms with Crippen molar-refractivity contribution < 1.29 is 0 Å². The van der Waals surface area contributed by atoms with Gasteiger partial charge in [0.2, 0.25) is 0 Å². The van der Waals surface area contributed by atoms with Crippen LogP contribution in [0, 0.1) is 0 Å². The lowest BCUT2D eigenvalue weighted by atomic mass is 10.4. The second-order valence-corrected chi connectivity index (χ2v) is 6.51. The smallest absolute Gasteiger partial charge is 0.146 e. The summed E-state index contributed by atoms with van der Waals surface area (Å²) in [5.74, 6) is 0.612. The van der Waals surface area contributed by atoms with Gasteiger partial charge in [0.1, 0.15) is 10.8 Å². The third kappa shape index (κ3) is 3.86. The van der Waals surface area contributed by atoms with Crippen molar-refractivity contribution in [3.63, 3.8) is 0 Å². The van der Waals surface area contributed by atoms with E-state index in [1.807, 2.05) is 13.0 Å². The van der Waals surface area contributed by atoms with Crippen molar-refractivity contribution in [2.24, 2.45) is 0 Å². The summed E-state index contributed by atoms with van der Waals surface area (Å²) in [6.45, 7) is 2.70. The molecule has 0 bridgehead atoms. The summed E-state index contributed by atoms with van der Waals surface area (Å²) < 4.78 is 0. The number of aromatic nitrogens is 1. The van der Waals surface area contributed by atoms with E-state index in [1.165, 1.54) is 11.8 Å². The first-order valence-corrected chi connectivity index (χ1v) is 8.07. The molecule has 20 heavy (non-hydrogen) atoms. The van der Waals surface area contributed by atoms with Gasteiger partial charge in [-0.05, 0) is 31.2 Å². The van der Waals surface area contributed by atoms with Crippen LogP contribution in [0.3, 0.4) is 0 Å². The van der Waals surface area contributed by atoms with Crippen LogP contribution >= 0.6 is 58.2 Å². The number of hydrogen-bond acceptors (Lipinski definition) is 3. The fourth-order valence-corrected chi connectivity index (χ4v) is 3.20. The molecular formula is C13H10Cl4N2S. The Kier molecular flexibility index (Phi) is 5.70. The molecule has 106 valence electrons. The summed E-state index contributed by atoms with van der Waals surface area (Å²) in [6.07, 6.45) is 0. The van der Waals surface area contributed by atoms with Gasteiger partial charge in [-0.2, -0.15) is 0 Å². The molecule has 0 saturated heterocycles. The molecule has 1 heterocycles. The molecule has 0 spiro atoms. The van der Waals surface area contributed by atoms with E-state index in [9.17, 15) is 0 Å². The zero-order valence-corrected chi connectivity index (χ0v) is 14.2. The molecule has 7 heteroatoms. The SMILES string of the molecule is CCNc1nc(Sc2ccc(Cl)c(Cl)c2)c(Cl)cc1Cl. The molecule has 0 amide bonds. The molecule has 0 unspecified atom stereocenters. The number of halogens is 4. The third-order valence-electron chi connectivity index (χ3n) is 2.35. The highest BCUT2D eigenvalue weighted by molar-refractivity contribution is 7.99. The van der Waals surface area contributed by atoms with Crippen LogP contribution in [0.25, 0.3) is 0 Å². The summed E-state index contributed by atoms with van der Waals surface area (Å²) in [4.78, 5) is 5.32. The molecular weight excluding hydrogens is 358 g/mol. The Hall–Kier alpha value is -0.320. The maximum atomic E-state index is 6.17. The molecule has 0 radical (unpaired) electrons. The summed E-state index contributed by atoms with van der Waals surface area (Å²) >= 11 is 25.5. The predicted molar refractivity (Wildman–Crippen MR) is 89.0 cm³/mol. The van der Waals surface area contributed by atoms with Gasteiger partial charge >= 0.3 is 0 Å². The van der Waals surface area contributed by atoms with E-state index in [4.69, 9.17) is 46.4 Å². The van der Waals surface area contributed by atoms with E-state index in [1.54, 1.807) is 18.2 Å². The molecule has 0 fully saturated rings. The largest absolute Gasteiger partial charge is 0.369 e. The van der Waals surface area contributed by atoms with E-state index >= 15 is 0 Å². The minimum Gasteiger partial charge on any atom is -0.369 e. The molecule has 0 aliphatic heterocycles. The van der Waals surface area contributed by atoms with Crippen LogP contribution in [0.15, 0.2) is 34.2 Å². The molecule has 1 N–H and O–H groups in total. The summed E-state index contributed by atoms with van der Waals surface area (Å²) in [6, 6.07) is 7.04. The van der Waals surface area contributed by atoms with Gasteiger partial charge in [0.05, 0.1) is 20.1 Å². The minimum absolute atomic E-state index is 0.493. The zero-order valence-electron chi connectivity index (χ0n) is 10.4. The Bertz CT molecular complexity index is 634. The number of benzene rings is 1. The van der Waals surface area contributed by atoms with E-state index in [0.29, 0.717) is 30.9 Å². The van der Waals surface area contributed by atoms with Gasteiger partial charge in [-0.3, -0.25) is 0 Å². The van der Waals surface area contributed by atoms with Gasteiger partial charge in [-0.25, -0.2) is 4.98 Å². The lowest BCUT2D eigenvalue weighted by Crippen LogP contribution is -2.00. The number of anilines is 1. The third-order valence-corrected chi connectivity index (χ3v) is 4.77. The Morgan fingerprint density at radius 1 is 1.00 bits per heavy atom. The van der Waals surface area contributed by atoms with Gasteiger partial charge in [0, 0.05) is 11.4 Å². The Morgan fingerprint density at radius 3 is 2.40 bits per heavy atom. The summed E-state index contributed by atoms with van der Waals surface area (Å²) in [7, 11) is 0. The van der Waals surface area contributed by atoms with Crippen LogP contribution in [0.4, 0.5) is 5.82 Å². The second-order valence-electron chi connectivity index (χ2n) is 3.81. The molecule has 1 aromatic carbocycles. The highest BCUT2D eigenvalue weighted by atomic mass is 35.5. The first kappa shape index (κ1) is 16.1. The lowest BCUT2D eigenvalue weighted by Gasteiger charge is -2.10. The fourth-order valence-electron chi connectivity index (χ4n) is 1.46. The Labute approximate surface area is 141 Å². The van der Waals surface area contributed by atoms with Gasteiger partial charge in [0.15, 0.2) is 0 Å². The van der Waals surface area contributed by atoms with Crippen molar-refractivity contribution in [3.8, 4) is 0 Å². The van der Waals surface area contributed by atoms with Crippen LogP contribution in [-0.2, 0) is 0 Å². The zero-order chi connectivity index (χ0) is 14.7. The topological polar surface area (TPSA) is 24.9 Å². The molecule has 2 nitrogen and oxygen atoms in total. The molecule has 0 aliphatic carbocycles. The minimum atomic E-state index is 0.493. The summed E-state index contributed by atoms with van der Waals surface area (Å²) in [5.41, 5.74) is 0. The van der Waals surface area contributed by atoms with Crippen LogP contribution in [0.1, 0.15) is 6.92 Å². The van der Waals surface area contributed by atoms with Crippen molar-refractivity contribution in [1.29, 1.82) is 0 Å². The first-order chi connectivity index (χ1) is 9.51. The van der Waals surface area contributed by atoms with Crippen molar-refractivity contribution in [2.45, 2.75) is 16.8 Å². The van der Waals surface area contributed by atoms with Gasteiger partial charge < -0.3 is 5.32 Å². The van der Waals surface area contributed by atoms with E-state index in [-0.39, 0.29) is 0 Å². The molecule has 1 aromatic heterocycles. The highest BCUT2D eigenvalue weighted by Crippen LogP contribution is 2.37. The average Bonchev–Trinajstić information content (AvgIpc) is 2.39. The molecule has 2 rings (SSSR count). The fraction of sp³-hybridized carbons (Fsp3) is 0.154. The highest BCUT2D eigenvalue weighted by Gasteiger charge is 2.11. The van der Waals surface area contributed by atoms with Crippen molar-refractivity contribution in [1.82, 2.24) is 4.98 Å². The monoisotopic (exact) mass is 366 g/mol. The molecule has 2 aromatic rings. The number of rotatable bonds is 4. The predicted octanol–water partition coefficient (Wildman–Crippen LogP) is 6.28. The number of nitrogens with one attached hydrogen (secondary N) is 1. The number of nitrogens with zero attached hydrogens (tertiary/aromatic N) is 1. The number of pyridine rings is 1.